The predicted molar refractivity (Wildman–Crippen MR) is 114 cm³/mol. The highest BCUT2D eigenvalue weighted by Gasteiger charge is 2.43. The molecule has 0 saturated carbocycles. The zero-order chi connectivity index (χ0) is 20.7. The van der Waals surface area contributed by atoms with E-state index in [0.29, 0.717) is 58.9 Å². The van der Waals surface area contributed by atoms with Crippen LogP contribution in [-0.2, 0) is 14.3 Å². The maximum absolute atomic E-state index is 13.5. The summed E-state index contributed by atoms with van der Waals surface area (Å²) in [6.45, 7) is 6.09. The summed E-state index contributed by atoms with van der Waals surface area (Å²) in [5, 5.41) is 0.691. The van der Waals surface area contributed by atoms with E-state index in [1.54, 1.807) is 18.2 Å². The van der Waals surface area contributed by atoms with E-state index in [-0.39, 0.29) is 0 Å². The molecule has 0 atom stereocenters. The number of anilines is 1. The maximum atomic E-state index is 13.5. The number of halogens is 2. The van der Waals surface area contributed by atoms with Crippen LogP contribution in [0, 0.1) is 13.8 Å². The summed E-state index contributed by atoms with van der Waals surface area (Å²) < 4.78 is 5.43. The van der Waals surface area contributed by atoms with Crippen molar-refractivity contribution in [2.75, 3.05) is 31.2 Å². The Kier molecular flexibility index (Phi) is 5.38. The number of imide groups is 1. The van der Waals surface area contributed by atoms with Crippen LogP contribution < -0.4 is 4.90 Å². The van der Waals surface area contributed by atoms with Crippen LogP contribution in [0.3, 0.4) is 0 Å². The van der Waals surface area contributed by atoms with Crippen LogP contribution >= 0.6 is 23.2 Å². The molecule has 5 nitrogen and oxygen atoms in total. The molecule has 1 saturated heterocycles. The number of rotatable bonds is 3. The van der Waals surface area contributed by atoms with Gasteiger partial charge in [0.15, 0.2) is 0 Å². The molecule has 0 unspecified atom stereocenters. The standard InChI is InChI=1S/C22H20Cl2N2O3/c1-13-3-4-15(11-14(13)2)19-20(25-7-9-29-10-8-25)22(28)26(21(19)27)18-12-16(23)5-6-17(18)24/h3-6,11-12H,7-10H2,1-2H3. The maximum Gasteiger partial charge on any atom is 0.282 e. The molecule has 0 spiro atoms. The third-order valence-corrected chi connectivity index (χ3v) is 5.89. The van der Waals surface area contributed by atoms with Crippen molar-refractivity contribution in [2.24, 2.45) is 0 Å². The van der Waals surface area contributed by atoms with Crippen LogP contribution in [-0.4, -0.2) is 43.0 Å². The molecule has 2 aromatic carbocycles. The molecule has 2 aromatic rings. The molecule has 0 radical (unpaired) electrons. The summed E-state index contributed by atoms with van der Waals surface area (Å²) >= 11 is 12.4. The summed E-state index contributed by atoms with van der Waals surface area (Å²) in [7, 11) is 0. The van der Waals surface area contributed by atoms with Crippen LogP contribution in [0.15, 0.2) is 42.1 Å². The van der Waals surface area contributed by atoms with Crippen molar-refractivity contribution >= 4 is 46.3 Å². The topological polar surface area (TPSA) is 49.9 Å². The van der Waals surface area contributed by atoms with E-state index in [1.165, 1.54) is 0 Å². The summed E-state index contributed by atoms with van der Waals surface area (Å²) in [5.74, 6) is -0.793. The Balaban J connectivity index is 1.87. The smallest absolute Gasteiger partial charge is 0.282 e. The van der Waals surface area contributed by atoms with Gasteiger partial charge < -0.3 is 9.64 Å². The molecular weight excluding hydrogens is 411 g/mol. The monoisotopic (exact) mass is 430 g/mol. The fourth-order valence-electron chi connectivity index (χ4n) is 3.63. The summed E-state index contributed by atoms with van der Waals surface area (Å²) in [6, 6.07) is 10.5. The number of hydrogen-bond donors (Lipinski definition) is 0. The fraction of sp³-hybridized carbons (Fsp3) is 0.273. The van der Waals surface area contributed by atoms with Gasteiger partial charge in [-0.1, -0.05) is 41.4 Å². The minimum Gasteiger partial charge on any atom is -0.378 e. The molecule has 1 fully saturated rings. The minimum atomic E-state index is -0.399. The molecule has 2 aliphatic rings. The third-order valence-electron chi connectivity index (χ3n) is 5.33. The first-order chi connectivity index (χ1) is 13.9. The molecule has 2 aliphatic heterocycles. The van der Waals surface area contributed by atoms with Gasteiger partial charge in [-0.15, -0.1) is 0 Å². The number of amides is 2. The molecule has 2 heterocycles. The SMILES string of the molecule is Cc1ccc(C2=C(N3CCOCC3)C(=O)N(c3cc(Cl)ccc3Cl)C2=O)cc1C. The normalized spacial score (nSPS) is 17.5. The lowest BCUT2D eigenvalue weighted by molar-refractivity contribution is -0.121. The fourth-order valence-corrected chi connectivity index (χ4v) is 4.00. The number of nitrogens with zero attached hydrogens (tertiary/aromatic N) is 2. The van der Waals surface area contributed by atoms with Gasteiger partial charge in [0, 0.05) is 18.1 Å². The van der Waals surface area contributed by atoms with Gasteiger partial charge in [-0.2, -0.15) is 0 Å². The van der Waals surface area contributed by atoms with E-state index >= 15 is 0 Å². The van der Waals surface area contributed by atoms with Crippen molar-refractivity contribution in [2.45, 2.75) is 13.8 Å². The largest absolute Gasteiger partial charge is 0.378 e. The first-order valence-corrected chi connectivity index (χ1v) is 10.1. The van der Waals surface area contributed by atoms with E-state index in [1.807, 2.05) is 36.9 Å². The minimum absolute atomic E-state index is 0.291. The highest BCUT2D eigenvalue weighted by molar-refractivity contribution is 6.47. The summed E-state index contributed by atoms with van der Waals surface area (Å²) in [6.07, 6.45) is 0. The molecular formula is C22H20Cl2N2O3. The van der Waals surface area contributed by atoms with Crippen LogP contribution in [0.25, 0.3) is 5.57 Å². The van der Waals surface area contributed by atoms with Crippen molar-refractivity contribution in [3.05, 3.63) is 68.8 Å². The molecule has 150 valence electrons. The first kappa shape index (κ1) is 20.0. The van der Waals surface area contributed by atoms with Crippen LogP contribution in [0.4, 0.5) is 5.69 Å². The Labute approximate surface area is 179 Å². The summed E-state index contributed by atoms with van der Waals surface area (Å²) in [4.78, 5) is 30.0. The number of carbonyl (C=O) groups excluding carboxylic acids is 2. The number of hydrogen-bond acceptors (Lipinski definition) is 4. The van der Waals surface area contributed by atoms with Crippen LogP contribution in [0.5, 0.6) is 0 Å². The molecule has 4 rings (SSSR count). The molecule has 0 bridgehead atoms. The molecule has 0 aliphatic carbocycles. The average Bonchev–Trinajstić information content (AvgIpc) is 2.97. The Morgan fingerprint density at radius 1 is 0.897 bits per heavy atom. The molecule has 29 heavy (non-hydrogen) atoms. The number of aryl methyl sites for hydroxylation is 2. The average molecular weight is 431 g/mol. The van der Waals surface area contributed by atoms with E-state index in [2.05, 4.69) is 0 Å². The highest BCUT2D eigenvalue weighted by Crippen LogP contribution is 2.39. The van der Waals surface area contributed by atoms with E-state index < -0.39 is 11.8 Å². The second-order valence-corrected chi connectivity index (χ2v) is 8.01. The number of morpholine rings is 1. The zero-order valence-electron chi connectivity index (χ0n) is 16.2. The van der Waals surface area contributed by atoms with Gasteiger partial charge in [-0.05, 0) is 48.7 Å². The number of ether oxygens (including phenoxy) is 1. The highest BCUT2D eigenvalue weighted by atomic mass is 35.5. The van der Waals surface area contributed by atoms with E-state index in [9.17, 15) is 9.59 Å². The lowest BCUT2D eigenvalue weighted by Gasteiger charge is -2.29. The molecule has 0 aromatic heterocycles. The number of benzene rings is 2. The van der Waals surface area contributed by atoms with Crippen LogP contribution in [0.2, 0.25) is 10.0 Å². The van der Waals surface area contributed by atoms with Crippen LogP contribution in [0.1, 0.15) is 16.7 Å². The van der Waals surface area contributed by atoms with Gasteiger partial charge in [0.2, 0.25) is 0 Å². The van der Waals surface area contributed by atoms with Crippen molar-refractivity contribution in [3.63, 3.8) is 0 Å². The van der Waals surface area contributed by atoms with E-state index in [0.717, 1.165) is 16.0 Å². The molecule has 2 amide bonds. The van der Waals surface area contributed by atoms with Gasteiger partial charge in [-0.25, -0.2) is 4.90 Å². The Morgan fingerprint density at radius 2 is 1.62 bits per heavy atom. The number of carbonyl (C=O) groups is 2. The second-order valence-electron chi connectivity index (χ2n) is 7.16. The lowest BCUT2D eigenvalue weighted by atomic mass is 9.99. The Bertz CT molecular complexity index is 1040. The third kappa shape index (κ3) is 3.54. The van der Waals surface area contributed by atoms with Gasteiger partial charge in [0.05, 0.1) is 29.5 Å². The zero-order valence-corrected chi connectivity index (χ0v) is 17.7. The lowest BCUT2D eigenvalue weighted by Crippen LogP contribution is -2.40. The Morgan fingerprint density at radius 3 is 2.31 bits per heavy atom. The van der Waals surface area contributed by atoms with Crippen molar-refractivity contribution < 1.29 is 14.3 Å². The van der Waals surface area contributed by atoms with Gasteiger partial charge >= 0.3 is 0 Å². The first-order valence-electron chi connectivity index (χ1n) is 9.37. The van der Waals surface area contributed by atoms with Gasteiger partial charge in [-0.3, -0.25) is 9.59 Å². The van der Waals surface area contributed by atoms with Crippen molar-refractivity contribution in [1.82, 2.24) is 4.90 Å². The van der Waals surface area contributed by atoms with Gasteiger partial charge in [0.1, 0.15) is 5.70 Å². The summed E-state index contributed by atoms with van der Waals surface area (Å²) in [5.41, 5.74) is 3.95. The molecule has 0 N–H and O–H groups in total. The Hall–Kier alpha value is -2.34. The van der Waals surface area contributed by atoms with E-state index in [4.69, 9.17) is 27.9 Å². The molecule has 7 heteroatoms. The quantitative estimate of drug-likeness (QED) is 0.683. The second kappa shape index (κ2) is 7.82. The van der Waals surface area contributed by atoms with Gasteiger partial charge in [0.25, 0.3) is 11.8 Å². The van der Waals surface area contributed by atoms with Crippen molar-refractivity contribution in [3.8, 4) is 0 Å². The predicted octanol–water partition coefficient (Wildman–Crippen LogP) is 4.23. The van der Waals surface area contributed by atoms with Crippen molar-refractivity contribution in [1.29, 1.82) is 0 Å².